The summed E-state index contributed by atoms with van der Waals surface area (Å²) in [7, 11) is 0. The molecular weight excluding hydrogens is 407 g/mol. The van der Waals surface area contributed by atoms with Crippen molar-refractivity contribution in [2.75, 3.05) is 19.7 Å². The number of nitrogens with zero attached hydrogens (tertiary/aromatic N) is 1. The van der Waals surface area contributed by atoms with E-state index in [1.807, 2.05) is 48.5 Å². The molecule has 1 saturated heterocycles. The van der Waals surface area contributed by atoms with Crippen LogP contribution >= 0.6 is 22.6 Å². The van der Waals surface area contributed by atoms with Crippen molar-refractivity contribution in [3.63, 3.8) is 0 Å². The van der Waals surface area contributed by atoms with Gasteiger partial charge < -0.3 is 20.0 Å². The zero-order chi connectivity index (χ0) is 16.1. The van der Waals surface area contributed by atoms with Crippen LogP contribution in [0.3, 0.4) is 0 Å². The predicted molar refractivity (Wildman–Crippen MR) is 96.7 cm³/mol. The number of hydrogen-bond acceptors (Lipinski definition) is 5. The second-order valence-electron chi connectivity index (χ2n) is 5.19. The lowest BCUT2D eigenvalue weighted by Crippen LogP contribution is -2.50. The largest absolute Gasteiger partial charge is 0.484 e. The van der Waals surface area contributed by atoms with Gasteiger partial charge >= 0.3 is 0 Å². The van der Waals surface area contributed by atoms with E-state index in [1.54, 1.807) is 0 Å². The molecule has 0 aliphatic carbocycles. The maximum Gasteiger partial charge on any atom is 0.162 e. The van der Waals surface area contributed by atoms with E-state index in [-0.39, 0.29) is 12.7 Å². The Balaban J connectivity index is 1.71. The molecule has 0 unspecified atom stereocenters. The van der Waals surface area contributed by atoms with E-state index in [0.717, 1.165) is 22.2 Å². The zero-order valence-corrected chi connectivity index (χ0v) is 14.6. The summed E-state index contributed by atoms with van der Waals surface area (Å²) in [4.78, 5) is 0. The fourth-order valence-corrected chi connectivity index (χ4v) is 2.63. The maximum atomic E-state index is 9.23. The molecule has 1 aliphatic heterocycles. The third-order valence-corrected chi connectivity index (χ3v) is 4.21. The fourth-order valence-electron chi connectivity index (χ4n) is 2.16. The van der Waals surface area contributed by atoms with E-state index >= 15 is 0 Å². The van der Waals surface area contributed by atoms with E-state index in [4.69, 9.17) is 9.47 Å². The van der Waals surface area contributed by atoms with Crippen molar-refractivity contribution in [2.24, 2.45) is 5.16 Å². The number of benzene rings is 2. The Morgan fingerprint density at radius 1 is 1.17 bits per heavy atom. The molecule has 1 heterocycles. The highest BCUT2D eigenvalue weighted by molar-refractivity contribution is 14.1. The lowest BCUT2D eigenvalue weighted by molar-refractivity contribution is 0.136. The third kappa shape index (κ3) is 4.14. The van der Waals surface area contributed by atoms with Crippen LogP contribution in [0.1, 0.15) is 5.56 Å². The minimum absolute atomic E-state index is 0.167. The average Bonchev–Trinajstić information content (AvgIpc) is 2.54. The molecule has 2 aromatic carbocycles. The Bertz CT molecular complexity index is 687. The van der Waals surface area contributed by atoms with Crippen LogP contribution in [0.2, 0.25) is 0 Å². The van der Waals surface area contributed by atoms with Gasteiger partial charge in [-0.15, -0.1) is 0 Å². The van der Waals surface area contributed by atoms with Crippen LogP contribution in [0.15, 0.2) is 53.7 Å². The van der Waals surface area contributed by atoms with Gasteiger partial charge in [-0.2, -0.15) is 0 Å². The fraction of sp³-hybridized carbons (Fsp3) is 0.235. The standard InChI is InChI=1S/C17H17IN2O3/c18-13-6-7-16(17(8-13)23-14-9-19-10-14)22-11-15(20-21)12-4-2-1-3-5-12/h1-8,14,19,21H,9-11H2/b20-15-. The van der Waals surface area contributed by atoms with Gasteiger partial charge in [0.15, 0.2) is 11.5 Å². The second-order valence-corrected chi connectivity index (χ2v) is 6.44. The molecule has 1 fully saturated rings. The van der Waals surface area contributed by atoms with Gasteiger partial charge in [0.05, 0.1) is 0 Å². The summed E-state index contributed by atoms with van der Waals surface area (Å²) < 4.78 is 12.8. The molecule has 0 radical (unpaired) electrons. The summed E-state index contributed by atoms with van der Waals surface area (Å²) in [5.74, 6) is 1.36. The summed E-state index contributed by atoms with van der Waals surface area (Å²) in [6, 6.07) is 15.2. The van der Waals surface area contributed by atoms with Gasteiger partial charge in [-0.1, -0.05) is 35.5 Å². The van der Waals surface area contributed by atoms with Gasteiger partial charge in [-0.25, -0.2) is 0 Å². The number of halogens is 1. The molecule has 2 N–H and O–H groups in total. The molecule has 6 heteroatoms. The van der Waals surface area contributed by atoms with Crippen LogP contribution in [0.25, 0.3) is 0 Å². The Labute approximate surface area is 148 Å². The second kappa shape index (κ2) is 7.65. The number of nitrogens with one attached hydrogen (secondary N) is 1. The van der Waals surface area contributed by atoms with Crippen LogP contribution in [-0.4, -0.2) is 36.7 Å². The van der Waals surface area contributed by atoms with Gasteiger partial charge in [0.1, 0.15) is 18.4 Å². The van der Waals surface area contributed by atoms with Crippen LogP contribution in [0.4, 0.5) is 0 Å². The maximum absolute atomic E-state index is 9.23. The minimum Gasteiger partial charge on any atom is -0.484 e. The Hall–Kier alpha value is -1.80. The predicted octanol–water partition coefficient (Wildman–Crippen LogP) is 2.90. The molecule has 0 amide bonds. The topological polar surface area (TPSA) is 63.1 Å². The summed E-state index contributed by atoms with van der Waals surface area (Å²) in [5.41, 5.74) is 1.30. The summed E-state index contributed by atoms with van der Waals surface area (Å²) in [5, 5.41) is 15.8. The molecule has 23 heavy (non-hydrogen) atoms. The van der Waals surface area contributed by atoms with E-state index in [9.17, 15) is 5.21 Å². The van der Waals surface area contributed by atoms with Crippen molar-refractivity contribution in [3.8, 4) is 11.5 Å². The first-order valence-electron chi connectivity index (χ1n) is 7.32. The SMILES string of the molecule is O/N=C(/COc1ccc(I)cc1OC1CNC1)c1ccccc1. The van der Waals surface area contributed by atoms with Crippen molar-refractivity contribution < 1.29 is 14.7 Å². The van der Waals surface area contributed by atoms with Crippen molar-refractivity contribution in [3.05, 3.63) is 57.7 Å². The molecular formula is C17H17IN2O3. The molecule has 3 rings (SSSR count). The van der Waals surface area contributed by atoms with E-state index in [1.165, 1.54) is 0 Å². The minimum atomic E-state index is 0.167. The highest BCUT2D eigenvalue weighted by Crippen LogP contribution is 2.30. The monoisotopic (exact) mass is 424 g/mol. The normalized spacial score (nSPS) is 15.1. The van der Waals surface area contributed by atoms with E-state index in [0.29, 0.717) is 17.2 Å². The molecule has 0 aromatic heterocycles. The number of oxime groups is 1. The van der Waals surface area contributed by atoms with Gasteiger partial charge in [-0.3, -0.25) is 0 Å². The summed E-state index contributed by atoms with van der Waals surface area (Å²) >= 11 is 2.24. The average molecular weight is 424 g/mol. The van der Waals surface area contributed by atoms with E-state index in [2.05, 4.69) is 33.1 Å². The van der Waals surface area contributed by atoms with Crippen LogP contribution < -0.4 is 14.8 Å². The van der Waals surface area contributed by atoms with Crippen LogP contribution in [-0.2, 0) is 0 Å². The molecule has 0 spiro atoms. The van der Waals surface area contributed by atoms with Crippen molar-refractivity contribution in [1.82, 2.24) is 5.32 Å². The van der Waals surface area contributed by atoms with Crippen LogP contribution in [0.5, 0.6) is 11.5 Å². The van der Waals surface area contributed by atoms with Crippen LogP contribution in [0, 0.1) is 3.57 Å². The highest BCUT2D eigenvalue weighted by Gasteiger charge is 2.20. The van der Waals surface area contributed by atoms with Gasteiger partial charge in [0.2, 0.25) is 0 Å². The highest BCUT2D eigenvalue weighted by atomic mass is 127. The lowest BCUT2D eigenvalue weighted by atomic mass is 10.1. The number of hydrogen-bond donors (Lipinski definition) is 2. The van der Waals surface area contributed by atoms with Crippen molar-refractivity contribution >= 4 is 28.3 Å². The lowest BCUT2D eigenvalue weighted by Gasteiger charge is -2.28. The molecule has 120 valence electrons. The number of rotatable bonds is 6. The molecule has 0 saturated carbocycles. The number of ether oxygens (including phenoxy) is 2. The zero-order valence-electron chi connectivity index (χ0n) is 12.4. The molecule has 5 nitrogen and oxygen atoms in total. The molecule has 2 aromatic rings. The first kappa shape index (κ1) is 16.1. The molecule has 0 bridgehead atoms. The quantitative estimate of drug-likeness (QED) is 0.324. The third-order valence-electron chi connectivity index (χ3n) is 3.54. The molecule has 1 aliphatic rings. The summed E-state index contributed by atoms with van der Waals surface area (Å²) in [6.45, 7) is 1.86. The van der Waals surface area contributed by atoms with Gasteiger partial charge in [0.25, 0.3) is 0 Å². The van der Waals surface area contributed by atoms with Gasteiger partial charge in [0, 0.05) is 22.2 Å². The first-order chi connectivity index (χ1) is 11.3. The molecule has 0 atom stereocenters. The first-order valence-corrected chi connectivity index (χ1v) is 8.40. The van der Waals surface area contributed by atoms with Crippen molar-refractivity contribution in [1.29, 1.82) is 0 Å². The summed E-state index contributed by atoms with van der Waals surface area (Å²) in [6.07, 6.45) is 0.177. The Kier molecular flexibility index (Phi) is 5.35. The van der Waals surface area contributed by atoms with Crippen molar-refractivity contribution in [2.45, 2.75) is 6.10 Å². The Morgan fingerprint density at radius 2 is 1.96 bits per heavy atom. The Morgan fingerprint density at radius 3 is 2.61 bits per heavy atom. The smallest absolute Gasteiger partial charge is 0.162 e. The van der Waals surface area contributed by atoms with Gasteiger partial charge in [-0.05, 0) is 40.8 Å². The van der Waals surface area contributed by atoms with E-state index < -0.39 is 0 Å².